The Morgan fingerprint density at radius 1 is 1.13 bits per heavy atom. The lowest BCUT2D eigenvalue weighted by Gasteiger charge is -2.34. The highest BCUT2D eigenvalue weighted by Gasteiger charge is 2.34. The van der Waals surface area contributed by atoms with Crippen LogP contribution in [0.15, 0.2) is 24.3 Å². The molecule has 0 aliphatic carbocycles. The van der Waals surface area contributed by atoms with E-state index in [9.17, 15) is 4.79 Å². The van der Waals surface area contributed by atoms with Crippen LogP contribution in [0.3, 0.4) is 0 Å². The molecule has 6 nitrogen and oxygen atoms in total. The highest BCUT2D eigenvalue weighted by atomic mass is 16.5. The third-order valence-electron chi connectivity index (χ3n) is 4.53. The fourth-order valence-electron chi connectivity index (χ4n) is 3.11. The molecule has 0 bridgehead atoms. The Balaban J connectivity index is 1.61. The van der Waals surface area contributed by atoms with Crippen molar-refractivity contribution in [2.75, 3.05) is 58.5 Å². The summed E-state index contributed by atoms with van der Waals surface area (Å²) in [6.07, 6.45) is 0. The van der Waals surface area contributed by atoms with E-state index in [0.717, 1.165) is 32.0 Å². The minimum Gasteiger partial charge on any atom is -0.379 e. The quantitative estimate of drug-likeness (QED) is 0.880. The van der Waals surface area contributed by atoms with E-state index in [-0.39, 0.29) is 18.0 Å². The van der Waals surface area contributed by atoms with Crippen LogP contribution < -0.4 is 10.2 Å². The average Bonchev–Trinajstić information content (AvgIpc) is 3.04. The van der Waals surface area contributed by atoms with Crippen molar-refractivity contribution in [1.29, 1.82) is 0 Å². The fraction of sp³-hybridized carbons (Fsp3) is 0.588. The van der Waals surface area contributed by atoms with E-state index in [2.05, 4.69) is 10.2 Å². The lowest BCUT2D eigenvalue weighted by Crippen LogP contribution is -2.54. The topological polar surface area (TPSA) is 54.0 Å². The van der Waals surface area contributed by atoms with E-state index in [1.54, 1.807) is 0 Å². The van der Waals surface area contributed by atoms with Gasteiger partial charge in [0.2, 0.25) is 0 Å². The zero-order valence-electron chi connectivity index (χ0n) is 13.8. The molecule has 3 rings (SSSR count). The number of morpholine rings is 1. The number of carbonyl (C=O) groups is 1. The lowest BCUT2D eigenvalue weighted by molar-refractivity contribution is 0.0108. The van der Waals surface area contributed by atoms with Gasteiger partial charge in [-0.2, -0.15) is 0 Å². The second-order valence-corrected chi connectivity index (χ2v) is 6.27. The molecule has 2 aliphatic heterocycles. The highest BCUT2D eigenvalue weighted by molar-refractivity contribution is 5.94. The van der Waals surface area contributed by atoms with Gasteiger partial charge < -0.3 is 19.7 Å². The number of rotatable bonds is 4. The highest BCUT2D eigenvalue weighted by Crippen LogP contribution is 2.17. The predicted octanol–water partition coefficient (Wildman–Crippen LogP) is 0.582. The Morgan fingerprint density at radius 3 is 2.48 bits per heavy atom. The molecule has 1 amide bonds. The second kappa shape index (κ2) is 7.29. The molecule has 1 aromatic carbocycles. The Kier molecular flexibility index (Phi) is 5.15. The molecular weight excluding hydrogens is 294 g/mol. The number of anilines is 1. The van der Waals surface area contributed by atoms with Gasteiger partial charge in [-0.25, -0.2) is 0 Å². The molecule has 23 heavy (non-hydrogen) atoms. The van der Waals surface area contributed by atoms with Gasteiger partial charge in [-0.05, 0) is 24.3 Å². The summed E-state index contributed by atoms with van der Waals surface area (Å²) < 4.78 is 11.0. The molecule has 0 unspecified atom stereocenters. The number of hydrogen-bond acceptors (Lipinski definition) is 5. The van der Waals surface area contributed by atoms with Crippen LogP contribution >= 0.6 is 0 Å². The Morgan fingerprint density at radius 2 is 1.83 bits per heavy atom. The molecule has 0 aromatic heterocycles. The van der Waals surface area contributed by atoms with Gasteiger partial charge in [0.05, 0.1) is 38.5 Å². The second-order valence-electron chi connectivity index (χ2n) is 6.27. The SMILES string of the molecule is CN(C)c1ccc(C(=O)N[C@H]2COC[C@@H]2N2CCOCC2)cc1. The van der Waals surface area contributed by atoms with Crippen LogP contribution in [0.1, 0.15) is 10.4 Å². The summed E-state index contributed by atoms with van der Waals surface area (Å²) in [6.45, 7) is 4.55. The van der Waals surface area contributed by atoms with Gasteiger partial charge in [0.1, 0.15) is 0 Å². The summed E-state index contributed by atoms with van der Waals surface area (Å²) >= 11 is 0. The van der Waals surface area contributed by atoms with Crippen LogP contribution in [-0.4, -0.2) is 76.5 Å². The number of amides is 1. The normalized spacial score (nSPS) is 25.3. The van der Waals surface area contributed by atoms with Crippen molar-refractivity contribution < 1.29 is 14.3 Å². The third kappa shape index (κ3) is 3.83. The van der Waals surface area contributed by atoms with Crippen LogP contribution in [0.2, 0.25) is 0 Å². The summed E-state index contributed by atoms with van der Waals surface area (Å²) in [6, 6.07) is 7.92. The predicted molar refractivity (Wildman–Crippen MR) is 89.0 cm³/mol. The number of nitrogens with zero attached hydrogens (tertiary/aromatic N) is 2. The molecule has 2 heterocycles. The maximum Gasteiger partial charge on any atom is 0.251 e. The summed E-state index contributed by atoms with van der Waals surface area (Å²) in [5.74, 6) is -0.0379. The molecule has 2 atom stereocenters. The summed E-state index contributed by atoms with van der Waals surface area (Å²) in [5.41, 5.74) is 1.76. The first-order chi connectivity index (χ1) is 11.1. The molecule has 1 aromatic rings. The minimum atomic E-state index is -0.0379. The van der Waals surface area contributed by atoms with Crippen molar-refractivity contribution in [3.8, 4) is 0 Å². The van der Waals surface area contributed by atoms with E-state index in [1.165, 1.54) is 0 Å². The Bertz CT molecular complexity index is 526. The van der Waals surface area contributed by atoms with E-state index >= 15 is 0 Å². The Labute approximate surface area is 137 Å². The van der Waals surface area contributed by atoms with Crippen molar-refractivity contribution in [3.63, 3.8) is 0 Å². The zero-order chi connectivity index (χ0) is 16.2. The largest absolute Gasteiger partial charge is 0.379 e. The molecule has 1 N–H and O–H groups in total. The standard InChI is InChI=1S/C17H25N3O3/c1-19(2)14-5-3-13(4-6-14)17(21)18-15-11-23-12-16(15)20-7-9-22-10-8-20/h3-6,15-16H,7-12H2,1-2H3,(H,18,21)/t15-,16-/m0/s1. The molecular formula is C17H25N3O3. The first-order valence-electron chi connectivity index (χ1n) is 8.13. The van der Waals surface area contributed by atoms with E-state index in [4.69, 9.17) is 9.47 Å². The monoisotopic (exact) mass is 319 g/mol. The number of nitrogens with one attached hydrogen (secondary N) is 1. The minimum absolute atomic E-state index is 0.0362. The molecule has 0 radical (unpaired) electrons. The van der Waals surface area contributed by atoms with Crippen LogP contribution in [0, 0.1) is 0 Å². The van der Waals surface area contributed by atoms with Gasteiger partial charge in [0.15, 0.2) is 0 Å². The summed E-state index contributed by atoms with van der Waals surface area (Å²) in [7, 11) is 3.97. The van der Waals surface area contributed by atoms with E-state index in [0.29, 0.717) is 18.8 Å². The maximum absolute atomic E-state index is 12.5. The molecule has 126 valence electrons. The summed E-state index contributed by atoms with van der Waals surface area (Å²) in [4.78, 5) is 16.9. The molecule has 0 spiro atoms. The lowest BCUT2D eigenvalue weighted by atomic mass is 10.1. The van der Waals surface area contributed by atoms with E-state index < -0.39 is 0 Å². The van der Waals surface area contributed by atoms with Crippen molar-refractivity contribution in [1.82, 2.24) is 10.2 Å². The van der Waals surface area contributed by atoms with Gasteiger partial charge in [0, 0.05) is 38.4 Å². The van der Waals surface area contributed by atoms with Crippen molar-refractivity contribution >= 4 is 11.6 Å². The van der Waals surface area contributed by atoms with Crippen molar-refractivity contribution in [3.05, 3.63) is 29.8 Å². The zero-order valence-corrected chi connectivity index (χ0v) is 13.8. The number of carbonyl (C=O) groups excluding carboxylic acids is 1. The van der Waals surface area contributed by atoms with Crippen molar-refractivity contribution in [2.24, 2.45) is 0 Å². The Hall–Kier alpha value is -1.63. The van der Waals surface area contributed by atoms with Crippen LogP contribution in [-0.2, 0) is 9.47 Å². The molecule has 2 aliphatic rings. The number of hydrogen-bond donors (Lipinski definition) is 1. The fourth-order valence-corrected chi connectivity index (χ4v) is 3.11. The molecule has 6 heteroatoms. The maximum atomic E-state index is 12.5. The molecule has 2 fully saturated rings. The first kappa shape index (κ1) is 16.2. The average molecular weight is 319 g/mol. The first-order valence-corrected chi connectivity index (χ1v) is 8.13. The smallest absolute Gasteiger partial charge is 0.251 e. The van der Waals surface area contributed by atoms with Crippen LogP contribution in [0.4, 0.5) is 5.69 Å². The van der Waals surface area contributed by atoms with Crippen LogP contribution in [0.5, 0.6) is 0 Å². The van der Waals surface area contributed by atoms with Gasteiger partial charge in [-0.3, -0.25) is 9.69 Å². The van der Waals surface area contributed by atoms with Gasteiger partial charge >= 0.3 is 0 Å². The van der Waals surface area contributed by atoms with Gasteiger partial charge in [-0.15, -0.1) is 0 Å². The number of ether oxygens (including phenoxy) is 2. The molecule has 2 saturated heterocycles. The van der Waals surface area contributed by atoms with Crippen LogP contribution in [0.25, 0.3) is 0 Å². The van der Waals surface area contributed by atoms with E-state index in [1.807, 2.05) is 43.3 Å². The third-order valence-corrected chi connectivity index (χ3v) is 4.53. The summed E-state index contributed by atoms with van der Waals surface area (Å²) in [5, 5.41) is 3.13. The van der Waals surface area contributed by atoms with Gasteiger partial charge in [-0.1, -0.05) is 0 Å². The van der Waals surface area contributed by atoms with Gasteiger partial charge in [0.25, 0.3) is 5.91 Å². The molecule has 0 saturated carbocycles. The van der Waals surface area contributed by atoms with Crippen molar-refractivity contribution in [2.45, 2.75) is 12.1 Å². The number of benzene rings is 1.